The van der Waals surface area contributed by atoms with E-state index in [9.17, 15) is 9.59 Å². The van der Waals surface area contributed by atoms with Crippen molar-refractivity contribution in [1.29, 1.82) is 0 Å². The molecule has 0 aromatic heterocycles. The number of anilines is 1. The standard InChI is InChI=1S/C24H27N3O2/c1-16-6-5-7-19(15-16)26-10-12-27(13-11-26)22-21(23(28)25(4)24(22)29)20-9-8-17(2)14-18(20)3/h5-9,14-15H,10-13H2,1-4H3. The number of rotatable bonds is 3. The molecule has 0 unspecified atom stereocenters. The molecule has 1 saturated heterocycles. The lowest BCUT2D eigenvalue weighted by Crippen LogP contribution is -2.47. The summed E-state index contributed by atoms with van der Waals surface area (Å²) in [4.78, 5) is 31.6. The molecule has 0 bridgehead atoms. The zero-order valence-electron chi connectivity index (χ0n) is 17.5. The van der Waals surface area contributed by atoms with Crippen molar-refractivity contribution in [3.63, 3.8) is 0 Å². The van der Waals surface area contributed by atoms with Crippen molar-refractivity contribution in [2.24, 2.45) is 0 Å². The zero-order chi connectivity index (χ0) is 20.7. The number of piperazine rings is 1. The maximum Gasteiger partial charge on any atom is 0.277 e. The van der Waals surface area contributed by atoms with Crippen molar-refractivity contribution in [1.82, 2.24) is 9.80 Å². The number of imide groups is 1. The fourth-order valence-electron chi connectivity index (χ4n) is 4.27. The highest BCUT2D eigenvalue weighted by Crippen LogP contribution is 2.33. The SMILES string of the molecule is Cc1cccc(N2CCN(C3=C(c4ccc(C)cc4C)C(=O)N(C)C3=O)CC2)c1. The van der Waals surface area contributed by atoms with Gasteiger partial charge in [-0.25, -0.2) is 0 Å². The Morgan fingerprint density at radius 1 is 0.759 bits per heavy atom. The van der Waals surface area contributed by atoms with E-state index in [-0.39, 0.29) is 11.8 Å². The van der Waals surface area contributed by atoms with Crippen molar-refractivity contribution in [2.75, 3.05) is 38.1 Å². The van der Waals surface area contributed by atoms with E-state index in [1.165, 1.54) is 16.2 Å². The van der Waals surface area contributed by atoms with Gasteiger partial charge in [-0.2, -0.15) is 0 Å². The van der Waals surface area contributed by atoms with Crippen LogP contribution in [0.15, 0.2) is 48.2 Å². The van der Waals surface area contributed by atoms with Gasteiger partial charge in [-0.1, -0.05) is 35.9 Å². The first-order chi connectivity index (χ1) is 13.9. The Kier molecular flexibility index (Phi) is 4.91. The van der Waals surface area contributed by atoms with Crippen LogP contribution >= 0.6 is 0 Å². The summed E-state index contributed by atoms with van der Waals surface area (Å²) in [6.07, 6.45) is 0. The fourth-order valence-corrected chi connectivity index (χ4v) is 4.27. The molecule has 2 aromatic carbocycles. The molecule has 0 saturated carbocycles. The molecule has 2 amide bonds. The van der Waals surface area contributed by atoms with Crippen LogP contribution in [0.1, 0.15) is 22.3 Å². The van der Waals surface area contributed by atoms with Crippen molar-refractivity contribution in [3.05, 3.63) is 70.4 Å². The Bertz CT molecular complexity index is 1020. The van der Waals surface area contributed by atoms with Gasteiger partial charge in [0.05, 0.1) is 5.57 Å². The van der Waals surface area contributed by atoms with Crippen LogP contribution in [0.5, 0.6) is 0 Å². The molecular weight excluding hydrogens is 362 g/mol. The van der Waals surface area contributed by atoms with Gasteiger partial charge in [-0.3, -0.25) is 14.5 Å². The highest BCUT2D eigenvalue weighted by atomic mass is 16.2. The Hall–Kier alpha value is -3.08. The van der Waals surface area contributed by atoms with Crippen molar-refractivity contribution in [3.8, 4) is 0 Å². The summed E-state index contributed by atoms with van der Waals surface area (Å²) in [5.41, 5.74) is 6.56. The molecule has 0 spiro atoms. The molecular formula is C24H27N3O2. The minimum Gasteiger partial charge on any atom is -0.368 e. The van der Waals surface area contributed by atoms with Crippen LogP contribution in [0.4, 0.5) is 5.69 Å². The third kappa shape index (κ3) is 3.41. The molecule has 1 fully saturated rings. The van der Waals surface area contributed by atoms with E-state index in [0.29, 0.717) is 24.4 Å². The molecule has 4 rings (SSSR count). The molecule has 5 nitrogen and oxygen atoms in total. The maximum absolute atomic E-state index is 13.0. The van der Waals surface area contributed by atoms with E-state index in [1.807, 2.05) is 26.0 Å². The Labute approximate surface area is 172 Å². The highest BCUT2D eigenvalue weighted by Gasteiger charge is 2.40. The van der Waals surface area contributed by atoms with Crippen LogP contribution in [0.3, 0.4) is 0 Å². The minimum absolute atomic E-state index is 0.200. The molecule has 2 aromatic rings. The van der Waals surface area contributed by atoms with Crippen LogP contribution in [-0.2, 0) is 9.59 Å². The predicted octanol–water partition coefficient (Wildman–Crippen LogP) is 3.14. The number of benzene rings is 2. The lowest BCUT2D eigenvalue weighted by Gasteiger charge is -2.37. The second kappa shape index (κ2) is 7.39. The van der Waals surface area contributed by atoms with E-state index in [4.69, 9.17) is 0 Å². The quantitative estimate of drug-likeness (QED) is 0.757. The number of carbonyl (C=O) groups is 2. The summed E-state index contributed by atoms with van der Waals surface area (Å²) in [6.45, 7) is 9.19. The summed E-state index contributed by atoms with van der Waals surface area (Å²) >= 11 is 0. The summed E-state index contributed by atoms with van der Waals surface area (Å²) < 4.78 is 0. The molecule has 2 heterocycles. The van der Waals surface area contributed by atoms with Crippen molar-refractivity contribution < 1.29 is 9.59 Å². The van der Waals surface area contributed by atoms with Crippen LogP contribution in [-0.4, -0.2) is 54.8 Å². The van der Waals surface area contributed by atoms with Gasteiger partial charge in [-0.05, 0) is 49.6 Å². The molecule has 2 aliphatic heterocycles. The summed E-state index contributed by atoms with van der Waals surface area (Å²) in [5.74, 6) is -0.410. The van der Waals surface area contributed by atoms with Gasteiger partial charge in [0.1, 0.15) is 5.70 Å². The predicted molar refractivity (Wildman–Crippen MR) is 116 cm³/mol. The molecule has 29 heavy (non-hydrogen) atoms. The van der Waals surface area contributed by atoms with E-state index in [2.05, 4.69) is 47.1 Å². The smallest absolute Gasteiger partial charge is 0.277 e. The molecule has 0 atom stereocenters. The van der Waals surface area contributed by atoms with Crippen LogP contribution < -0.4 is 4.90 Å². The third-order valence-electron chi connectivity index (χ3n) is 5.88. The molecule has 0 N–H and O–H groups in total. The third-order valence-corrected chi connectivity index (χ3v) is 5.88. The number of carbonyl (C=O) groups excluding carboxylic acids is 2. The van der Waals surface area contributed by atoms with Gasteiger partial charge in [0.25, 0.3) is 11.8 Å². The van der Waals surface area contributed by atoms with Crippen LogP contribution in [0.2, 0.25) is 0 Å². The summed E-state index contributed by atoms with van der Waals surface area (Å²) in [6, 6.07) is 14.5. The molecule has 0 aliphatic carbocycles. The lowest BCUT2D eigenvalue weighted by atomic mass is 9.97. The fraction of sp³-hybridized carbons (Fsp3) is 0.333. The summed E-state index contributed by atoms with van der Waals surface area (Å²) in [7, 11) is 1.57. The highest BCUT2D eigenvalue weighted by molar-refractivity contribution is 6.35. The van der Waals surface area contributed by atoms with E-state index in [0.717, 1.165) is 29.8 Å². The Morgan fingerprint density at radius 2 is 1.41 bits per heavy atom. The first-order valence-corrected chi connectivity index (χ1v) is 10.1. The maximum atomic E-state index is 13.0. The average molecular weight is 389 g/mol. The van der Waals surface area contributed by atoms with Gasteiger partial charge < -0.3 is 9.80 Å². The zero-order valence-corrected chi connectivity index (χ0v) is 17.5. The monoisotopic (exact) mass is 389 g/mol. The topological polar surface area (TPSA) is 43.9 Å². The molecule has 2 aliphatic rings. The Morgan fingerprint density at radius 3 is 2.07 bits per heavy atom. The molecule has 5 heteroatoms. The number of aryl methyl sites for hydroxylation is 3. The minimum atomic E-state index is -0.210. The van der Waals surface area contributed by atoms with Crippen molar-refractivity contribution >= 4 is 23.1 Å². The number of hydrogen-bond acceptors (Lipinski definition) is 4. The largest absolute Gasteiger partial charge is 0.368 e. The van der Waals surface area contributed by atoms with Crippen LogP contribution in [0.25, 0.3) is 5.57 Å². The lowest BCUT2D eigenvalue weighted by molar-refractivity contribution is -0.135. The van der Waals surface area contributed by atoms with Crippen molar-refractivity contribution in [2.45, 2.75) is 20.8 Å². The van der Waals surface area contributed by atoms with Gasteiger partial charge in [0, 0.05) is 38.9 Å². The van der Waals surface area contributed by atoms with Crippen LogP contribution in [0, 0.1) is 20.8 Å². The van der Waals surface area contributed by atoms with Gasteiger partial charge >= 0.3 is 0 Å². The first kappa shape index (κ1) is 19.2. The van der Waals surface area contributed by atoms with Gasteiger partial charge in [-0.15, -0.1) is 0 Å². The van der Waals surface area contributed by atoms with Gasteiger partial charge in [0.15, 0.2) is 0 Å². The second-order valence-electron chi connectivity index (χ2n) is 8.02. The van der Waals surface area contributed by atoms with E-state index < -0.39 is 0 Å². The number of hydrogen-bond donors (Lipinski definition) is 0. The first-order valence-electron chi connectivity index (χ1n) is 10.1. The summed E-state index contributed by atoms with van der Waals surface area (Å²) in [5, 5.41) is 0. The normalized spacial score (nSPS) is 17.6. The van der Waals surface area contributed by atoms with E-state index >= 15 is 0 Å². The number of likely N-dealkylation sites (N-methyl/N-ethyl adjacent to an activating group) is 1. The Balaban J connectivity index is 1.65. The van der Waals surface area contributed by atoms with Gasteiger partial charge in [0.2, 0.25) is 0 Å². The van der Waals surface area contributed by atoms with E-state index in [1.54, 1.807) is 7.05 Å². The molecule has 0 radical (unpaired) electrons. The number of nitrogens with zero attached hydrogens (tertiary/aromatic N) is 3. The molecule has 150 valence electrons. The average Bonchev–Trinajstić information content (AvgIpc) is 2.92. The number of amides is 2. The second-order valence-corrected chi connectivity index (χ2v) is 8.02.